The topological polar surface area (TPSA) is 66.5 Å². The minimum absolute atomic E-state index is 0.107. The third-order valence-electron chi connectivity index (χ3n) is 3.72. The zero-order chi connectivity index (χ0) is 20.6. The van der Waals surface area contributed by atoms with Crippen molar-refractivity contribution in [2.45, 2.75) is 4.90 Å². The third kappa shape index (κ3) is 5.73. The highest BCUT2D eigenvalue weighted by Crippen LogP contribution is 2.18. The van der Waals surface area contributed by atoms with Gasteiger partial charge in [-0.3, -0.25) is 4.79 Å². The predicted molar refractivity (Wildman–Crippen MR) is 110 cm³/mol. The van der Waals surface area contributed by atoms with Crippen LogP contribution in [0.2, 0.25) is 0 Å². The minimum Gasteiger partial charge on any atom is -0.323 e. The molecule has 0 unspecified atom stereocenters. The smallest absolute Gasteiger partial charge is 0.248 e. The number of nitrogens with zero attached hydrogens (tertiary/aromatic N) is 1. The second-order valence-electron chi connectivity index (χ2n) is 5.80. The normalized spacial score (nSPS) is 11.5. The first-order chi connectivity index (χ1) is 13.4. The second kappa shape index (κ2) is 9.77. The van der Waals surface area contributed by atoms with E-state index in [-0.39, 0.29) is 29.7 Å². The summed E-state index contributed by atoms with van der Waals surface area (Å²) in [7, 11) is -3.69. The van der Waals surface area contributed by atoms with Crippen LogP contribution in [0, 0.1) is 5.82 Å². The number of carbonyl (C=O) groups is 1. The summed E-state index contributed by atoms with van der Waals surface area (Å²) in [5, 5.41) is 2.64. The van der Waals surface area contributed by atoms with E-state index >= 15 is 0 Å². The van der Waals surface area contributed by atoms with E-state index in [1.165, 1.54) is 58.9 Å². The number of anilines is 1. The molecule has 0 heterocycles. The largest absolute Gasteiger partial charge is 0.323 e. The summed E-state index contributed by atoms with van der Waals surface area (Å²) in [4.78, 5) is 12.1. The zero-order valence-corrected chi connectivity index (χ0v) is 16.0. The van der Waals surface area contributed by atoms with Crippen LogP contribution >= 0.6 is 0 Å². The SMILES string of the molecule is C=CCN(CC=C)S(=O)(=O)c1ccc(NC(=O)/C=C/c2ccc(F)cc2)cc1. The van der Waals surface area contributed by atoms with Crippen LogP contribution in [-0.2, 0) is 14.8 Å². The molecule has 2 rings (SSSR count). The first kappa shape index (κ1) is 21.3. The van der Waals surface area contributed by atoms with Gasteiger partial charge in [0.25, 0.3) is 0 Å². The zero-order valence-electron chi connectivity index (χ0n) is 15.2. The van der Waals surface area contributed by atoms with Crippen LogP contribution in [0.4, 0.5) is 10.1 Å². The molecule has 0 aromatic heterocycles. The summed E-state index contributed by atoms with van der Waals surface area (Å²) in [6.07, 6.45) is 5.87. The van der Waals surface area contributed by atoms with E-state index in [0.29, 0.717) is 11.3 Å². The molecular weight excluding hydrogens is 379 g/mol. The van der Waals surface area contributed by atoms with Gasteiger partial charge < -0.3 is 5.32 Å². The van der Waals surface area contributed by atoms with Crippen LogP contribution in [-0.4, -0.2) is 31.7 Å². The number of halogens is 1. The number of hydrogen-bond donors (Lipinski definition) is 1. The molecule has 0 saturated heterocycles. The number of nitrogens with one attached hydrogen (secondary N) is 1. The van der Waals surface area contributed by atoms with E-state index in [9.17, 15) is 17.6 Å². The van der Waals surface area contributed by atoms with Crippen LogP contribution < -0.4 is 5.32 Å². The van der Waals surface area contributed by atoms with Crippen molar-refractivity contribution >= 4 is 27.7 Å². The quantitative estimate of drug-likeness (QED) is 0.514. The van der Waals surface area contributed by atoms with Gasteiger partial charge in [-0.2, -0.15) is 4.31 Å². The molecular formula is C21H21FN2O3S. The molecule has 0 radical (unpaired) electrons. The van der Waals surface area contributed by atoms with Gasteiger partial charge >= 0.3 is 0 Å². The Morgan fingerprint density at radius 2 is 1.57 bits per heavy atom. The van der Waals surface area contributed by atoms with Crippen molar-refractivity contribution in [1.82, 2.24) is 4.31 Å². The Morgan fingerprint density at radius 1 is 1.00 bits per heavy atom. The summed E-state index contributed by atoms with van der Waals surface area (Å²) in [6, 6.07) is 11.6. The lowest BCUT2D eigenvalue weighted by Gasteiger charge is -2.19. The Balaban J connectivity index is 2.07. The van der Waals surface area contributed by atoms with Crippen molar-refractivity contribution in [1.29, 1.82) is 0 Å². The van der Waals surface area contributed by atoms with Gasteiger partial charge in [0.1, 0.15) is 5.82 Å². The molecule has 7 heteroatoms. The van der Waals surface area contributed by atoms with Crippen molar-refractivity contribution in [3.8, 4) is 0 Å². The monoisotopic (exact) mass is 400 g/mol. The fourth-order valence-corrected chi connectivity index (χ4v) is 3.73. The molecule has 0 saturated carbocycles. The van der Waals surface area contributed by atoms with Crippen LogP contribution in [0.5, 0.6) is 0 Å². The molecule has 1 amide bonds. The fraction of sp³-hybridized carbons (Fsp3) is 0.0952. The molecule has 2 aromatic carbocycles. The van der Waals surface area contributed by atoms with Gasteiger partial charge in [0.15, 0.2) is 0 Å². The van der Waals surface area contributed by atoms with Crippen LogP contribution in [0.1, 0.15) is 5.56 Å². The Bertz CT molecular complexity index is 956. The summed E-state index contributed by atoms with van der Waals surface area (Å²) in [5.74, 6) is -0.740. The Labute approximate surface area is 164 Å². The molecule has 0 atom stereocenters. The second-order valence-corrected chi connectivity index (χ2v) is 7.74. The maximum absolute atomic E-state index is 12.9. The fourth-order valence-electron chi connectivity index (χ4n) is 2.35. The molecule has 1 N–H and O–H groups in total. The van der Waals surface area contributed by atoms with E-state index in [0.717, 1.165) is 0 Å². The molecule has 0 spiro atoms. The van der Waals surface area contributed by atoms with E-state index in [1.807, 2.05) is 0 Å². The average Bonchev–Trinajstić information content (AvgIpc) is 2.68. The third-order valence-corrected chi connectivity index (χ3v) is 5.57. The van der Waals surface area contributed by atoms with Crippen LogP contribution in [0.15, 0.2) is 84.8 Å². The van der Waals surface area contributed by atoms with E-state index < -0.39 is 10.0 Å². The number of benzene rings is 2. The first-order valence-electron chi connectivity index (χ1n) is 8.43. The molecule has 0 aliphatic heterocycles. The molecule has 146 valence electrons. The predicted octanol–water partition coefficient (Wildman–Crippen LogP) is 3.84. The van der Waals surface area contributed by atoms with Gasteiger partial charge in [-0.1, -0.05) is 24.3 Å². The van der Waals surface area contributed by atoms with E-state index in [4.69, 9.17) is 0 Å². The highest BCUT2D eigenvalue weighted by atomic mass is 32.2. The average molecular weight is 400 g/mol. The summed E-state index contributed by atoms with van der Waals surface area (Å²) < 4.78 is 39.4. The van der Waals surface area contributed by atoms with E-state index in [2.05, 4.69) is 18.5 Å². The highest BCUT2D eigenvalue weighted by molar-refractivity contribution is 7.89. The number of rotatable bonds is 9. The van der Waals surface area contributed by atoms with Crippen molar-refractivity contribution in [2.24, 2.45) is 0 Å². The highest BCUT2D eigenvalue weighted by Gasteiger charge is 2.22. The summed E-state index contributed by atoms with van der Waals surface area (Å²) >= 11 is 0. The first-order valence-corrected chi connectivity index (χ1v) is 9.87. The molecule has 0 fully saturated rings. The standard InChI is InChI=1S/C21H21FN2O3S/c1-3-15-24(16-4-2)28(26,27)20-12-10-19(11-13-20)23-21(25)14-7-17-5-8-18(22)9-6-17/h3-14H,1-2,15-16H2,(H,23,25)/b14-7+. The van der Waals surface area contributed by atoms with Crippen molar-refractivity contribution in [3.05, 3.63) is 91.3 Å². The summed E-state index contributed by atoms with van der Waals surface area (Å²) in [5.41, 5.74) is 1.13. The van der Waals surface area contributed by atoms with Gasteiger partial charge in [0.2, 0.25) is 15.9 Å². The van der Waals surface area contributed by atoms with Crippen molar-refractivity contribution < 1.29 is 17.6 Å². The van der Waals surface area contributed by atoms with Gasteiger partial charge in [-0.05, 0) is 48.0 Å². The molecule has 28 heavy (non-hydrogen) atoms. The maximum Gasteiger partial charge on any atom is 0.248 e. The molecule has 0 aliphatic carbocycles. The van der Waals surface area contributed by atoms with Crippen LogP contribution in [0.25, 0.3) is 6.08 Å². The lowest BCUT2D eigenvalue weighted by molar-refractivity contribution is -0.111. The van der Waals surface area contributed by atoms with Gasteiger partial charge in [-0.25, -0.2) is 12.8 Å². The number of sulfonamides is 1. The molecule has 0 aliphatic rings. The van der Waals surface area contributed by atoms with Gasteiger partial charge in [0.05, 0.1) is 4.90 Å². The molecule has 2 aromatic rings. The summed E-state index contributed by atoms with van der Waals surface area (Å²) in [6.45, 7) is 7.47. The number of carbonyl (C=O) groups excluding carboxylic acids is 1. The van der Waals surface area contributed by atoms with Gasteiger partial charge in [-0.15, -0.1) is 13.2 Å². The lowest BCUT2D eigenvalue weighted by Crippen LogP contribution is -2.31. The Kier molecular flexibility index (Phi) is 7.43. The van der Waals surface area contributed by atoms with Crippen molar-refractivity contribution in [2.75, 3.05) is 18.4 Å². The minimum atomic E-state index is -3.69. The number of amides is 1. The Hall–Kier alpha value is -3.03. The maximum atomic E-state index is 12.9. The Morgan fingerprint density at radius 3 is 2.11 bits per heavy atom. The molecule has 5 nitrogen and oxygen atoms in total. The number of hydrogen-bond acceptors (Lipinski definition) is 3. The lowest BCUT2D eigenvalue weighted by atomic mass is 10.2. The van der Waals surface area contributed by atoms with Crippen molar-refractivity contribution in [3.63, 3.8) is 0 Å². The van der Waals surface area contributed by atoms with Gasteiger partial charge in [0, 0.05) is 24.9 Å². The molecule has 0 bridgehead atoms. The van der Waals surface area contributed by atoms with Crippen LogP contribution in [0.3, 0.4) is 0 Å². The van der Waals surface area contributed by atoms with E-state index in [1.54, 1.807) is 18.2 Å².